The third kappa shape index (κ3) is 4.67. The molecular weight excluding hydrogens is 360 g/mol. The second-order valence-corrected chi connectivity index (χ2v) is 6.68. The minimum atomic E-state index is -4.18. The summed E-state index contributed by atoms with van der Waals surface area (Å²) in [5.74, 6) is 0. The summed E-state index contributed by atoms with van der Waals surface area (Å²) in [5.41, 5.74) is 0.363. The number of amides is 1. The van der Waals surface area contributed by atoms with Crippen LogP contribution in [0, 0.1) is 10.1 Å². The van der Waals surface area contributed by atoms with E-state index in [0.717, 1.165) is 24.3 Å². The van der Waals surface area contributed by atoms with Crippen LogP contribution in [0.4, 0.5) is 10.5 Å². The van der Waals surface area contributed by atoms with Crippen molar-refractivity contribution in [1.29, 1.82) is 0 Å². The van der Waals surface area contributed by atoms with Gasteiger partial charge >= 0.3 is 6.09 Å². The number of benzene rings is 2. The lowest BCUT2D eigenvalue weighted by Crippen LogP contribution is -2.31. The largest absolute Gasteiger partial charge is 0.444 e. The van der Waals surface area contributed by atoms with Gasteiger partial charge in [0.25, 0.3) is 15.7 Å². The van der Waals surface area contributed by atoms with Gasteiger partial charge in [0.2, 0.25) is 0 Å². The molecule has 126 valence electrons. The number of rotatable bonds is 5. The van der Waals surface area contributed by atoms with Crippen LogP contribution in [0.1, 0.15) is 5.56 Å². The van der Waals surface area contributed by atoms with Crippen LogP contribution >= 0.6 is 11.6 Å². The van der Waals surface area contributed by atoms with Crippen molar-refractivity contribution in [3.63, 3.8) is 0 Å². The average Bonchev–Trinajstić information content (AvgIpc) is 2.54. The maximum atomic E-state index is 12.0. The third-order valence-corrected chi connectivity index (χ3v) is 4.44. The van der Waals surface area contributed by atoms with E-state index < -0.39 is 21.0 Å². The van der Waals surface area contributed by atoms with E-state index in [1.54, 1.807) is 29.0 Å². The van der Waals surface area contributed by atoms with Crippen LogP contribution < -0.4 is 4.72 Å². The van der Waals surface area contributed by atoms with Crippen molar-refractivity contribution in [3.8, 4) is 0 Å². The van der Waals surface area contributed by atoms with E-state index in [9.17, 15) is 23.3 Å². The number of hydrogen-bond donors (Lipinski definition) is 1. The minimum absolute atomic E-state index is 0.140. The van der Waals surface area contributed by atoms with Crippen molar-refractivity contribution in [3.05, 3.63) is 69.2 Å². The fourth-order valence-electron chi connectivity index (χ4n) is 1.67. The number of nitro benzene ring substituents is 1. The molecule has 0 atom stereocenters. The third-order valence-electron chi connectivity index (χ3n) is 2.86. The van der Waals surface area contributed by atoms with Gasteiger partial charge in [-0.15, -0.1) is 0 Å². The maximum Gasteiger partial charge on any atom is 0.421 e. The summed E-state index contributed by atoms with van der Waals surface area (Å²) < 4.78 is 30.5. The van der Waals surface area contributed by atoms with Gasteiger partial charge in [-0.2, -0.15) is 0 Å². The number of halogens is 1. The van der Waals surface area contributed by atoms with E-state index in [-0.39, 0.29) is 17.2 Å². The van der Waals surface area contributed by atoms with Crippen molar-refractivity contribution < 1.29 is 22.9 Å². The van der Waals surface area contributed by atoms with Gasteiger partial charge in [-0.1, -0.05) is 23.7 Å². The van der Waals surface area contributed by atoms with Gasteiger partial charge in [0.1, 0.15) is 6.61 Å². The van der Waals surface area contributed by atoms with E-state index in [1.807, 2.05) is 0 Å². The average molecular weight is 371 g/mol. The molecule has 0 radical (unpaired) electrons. The zero-order valence-electron chi connectivity index (χ0n) is 12.0. The van der Waals surface area contributed by atoms with Crippen LogP contribution in [0.15, 0.2) is 53.4 Å². The first-order valence-corrected chi connectivity index (χ1v) is 8.32. The Bertz CT molecular complexity index is 850. The molecule has 0 unspecified atom stereocenters. The zero-order chi connectivity index (χ0) is 17.7. The Labute approximate surface area is 142 Å². The van der Waals surface area contributed by atoms with Gasteiger partial charge in [0, 0.05) is 17.2 Å². The van der Waals surface area contributed by atoms with Gasteiger partial charge in [0.05, 0.1) is 9.82 Å². The second-order valence-electron chi connectivity index (χ2n) is 4.56. The minimum Gasteiger partial charge on any atom is -0.444 e. The predicted octanol–water partition coefficient (Wildman–Crippen LogP) is 2.86. The number of nitrogens with zero attached hydrogens (tertiary/aromatic N) is 1. The fourth-order valence-corrected chi connectivity index (χ4v) is 2.69. The Morgan fingerprint density at radius 1 is 1.12 bits per heavy atom. The molecule has 8 nitrogen and oxygen atoms in total. The number of hydrogen-bond acceptors (Lipinski definition) is 6. The SMILES string of the molecule is O=C(NS(=O)(=O)c1ccc([N+](=O)[O-])cc1)OCc1ccc(Cl)cc1. The first-order chi connectivity index (χ1) is 11.3. The summed E-state index contributed by atoms with van der Waals surface area (Å²) in [5, 5.41) is 11.1. The molecule has 1 amide bonds. The van der Waals surface area contributed by atoms with Crippen molar-refractivity contribution in [2.24, 2.45) is 0 Å². The van der Waals surface area contributed by atoms with Gasteiger partial charge in [0.15, 0.2) is 0 Å². The van der Waals surface area contributed by atoms with Crippen LogP contribution in [0.2, 0.25) is 5.02 Å². The van der Waals surface area contributed by atoms with E-state index in [1.165, 1.54) is 0 Å². The number of carbonyl (C=O) groups excluding carboxylic acids is 1. The highest BCUT2D eigenvalue weighted by Gasteiger charge is 2.19. The lowest BCUT2D eigenvalue weighted by atomic mass is 10.2. The molecule has 2 aromatic rings. The van der Waals surface area contributed by atoms with Crippen molar-refractivity contribution in [2.75, 3.05) is 0 Å². The molecule has 2 aromatic carbocycles. The Morgan fingerprint density at radius 3 is 2.25 bits per heavy atom. The molecule has 0 aromatic heterocycles. The molecule has 0 aliphatic carbocycles. The van der Waals surface area contributed by atoms with E-state index >= 15 is 0 Å². The molecule has 10 heteroatoms. The summed E-state index contributed by atoms with van der Waals surface area (Å²) in [7, 11) is -4.18. The highest BCUT2D eigenvalue weighted by molar-refractivity contribution is 7.90. The van der Waals surface area contributed by atoms with Crippen LogP contribution in [-0.2, 0) is 21.4 Å². The van der Waals surface area contributed by atoms with Crippen molar-refractivity contribution in [2.45, 2.75) is 11.5 Å². The van der Waals surface area contributed by atoms with Gasteiger partial charge in [-0.3, -0.25) is 10.1 Å². The topological polar surface area (TPSA) is 116 Å². The standard InChI is InChI=1S/C14H11ClN2O6S/c15-11-3-1-10(2-4-11)9-23-14(18)16-24(21,22)13-7-5-12(6-8-13)17(19)20/h1-8H,9H2,(H,16,18). The van der Waals surface area contributed by atoms with E-state index in [0.29, 0.717) is 10.6 Å². The Morgan fingerprint density at radius 2 is 1.71 bits per heavy atom. The molecule has 0 bridgehead atoms. The van der Waals surface area contributed by atoms with Crippen LogP contribution in [-0.4, -0.2) is 19.4 Å². The van der Waals surface area contributed by atoms with Gasteiger partial charge < -0.3 is 4.74 Å². The molecule has 0 fully saturated rings. The number of nitrogens with one attached hydrogen (secondary N) is 1. The highest BCUT2D eigenvalue weighted by atomic mass is 35.5. The number of non-ortho nitro benzene ring substituents is 1. The van der Waals surface area contributed by atoms with E-state index in [2.05, 4.69) is 0 Å². The zero-order valence-corrected chi connectivity index (χ0v) is 13.6. The molecule has 0 heterocycles. The van der Waals surface area contributed by atoms with E-state index in [4.69, 9.17) is 16.3 Å². The fraction of sp³-hybridized carbons (Fsp3) is 0.0714. The first-order valence-electron chi connectivity index (χ1n) is 6.46. The smallest absolute Gasteiger partial charge is 0.421 e. The molecular formula is C14H11ClN2O6S. The summed E-state index contributed by atoms with van der Waals surface area (Å²) in [6.45, 7) is -0.140. The summed E-state index contributed by atoms with van der Waals surface area (Å²) in [4.78, 5) is 21.2. The van der Waals surface area contributed by atoms with Crippen LogP contribution in [0.25, 0.3) is 0 Å². The summed E-state index contributed by atoms with van der Waals surface area (Å²) >= 11 is 5.72. The number of nitro groups is 1. The molecule has 24 heavy (non-hydrogen) atoms. The first kappa shape index (κ1) is 17.7. The second kappa shape index (κ2) is 7.28. The number of carbonyl (C=O) groups is 1. The molecule has 0 saturated heterocycles. The lowest BCUT2D eigenvalue weighted by Gasteiger charge is -2.08. The number of ether oxygens (including phenoxy) is 1. The quantitative estimate of drug-likeness (QED) is 0.639. The van der Waals surface area contributed by atoms with Crippen LogP contribution in [0.3, 0.4) is 0 Å². The molecule has 0 aliphatic heterocycles. The summed E-state index contributed by atoms with van der Waals surface area (Å²) in [6, 6.07) is 10.5. The van der Waals surface area contributed by atoms with Crippen LogP contribution in [0.5, 0.6) is 0 Å². The monoisotopic (exact) mass is 370 g/mol. The molecule has 0 saturated carbocycles. The summed E-state index contributed by atoms with van der Waals surface area (Å²) in [6.07, 6.45) is -1.16. The normalized spacial score (nSPS) is 10.9. The Kier molecular flexibility index (Phi) is 5.37. The van der Waals surface area contributed by atoms with Gasteiger partial charge in [-0.25, -0.2) is 17.9 Å². The Hall–Kier alpha value is -2.65. The lowest BCUT2D eigenvalue weighted by molar-refractivity contribution is -0.384. The molecule has 0 spiro atoms. The van der Waals surface area contributed by atoms with Gasteiger partial charge in [-0.05, 0) is 29.8 Å². The highest BCUT2D eigenvalue weighted by Crippen LogP contribution is 2.16. The molecule has 0 aliphatic rings. The van der Waals surface area contributed by atoms with Crippen molar-refractivity contribution >= 4 is 33.4 Å². The predicted molar refractivity (Wildman–Crippen MR) is 85.1 cm³/mol. The molecule has 1 N–H and O–H groups in total. The van der Waals surface area contributed by atoms with Crippen molar-refractivity contribution in [1.82, 2.24) is 4.72 Å². The number of sulfonamides is 1. The Balaban J connectivity index is 1.98. The molecule has 2 rings (SSSR count). The maximum absolute atomic E-state index is 12.0.